The van der Waals surface area contributed by atoms with Crippen molar-refractivity contribution >= 4 is 49.9 Å². The number of ether oxygens (including phenoxy) is 2. The number of rotatable bonds is 6. The quantitative estimate of drug-likeness (QED) is 0.308. The highest BCUT2D eigenvalue weighted by Crippen LogP contribution is 2.46. The zero-order valence-electron chi connectivity index (χ0n) is 20.9. The van der Waals surface area contributed by atoms with Gasteiger partial charge in [0.1, 0.15) is 12.1 Å². The van der Waals surface area contributed by atoms with Crippen molar-refractivity contribution in [1.29, 1.82) is 0 Å². The SMILES string of the molecule is COc1cc2c(Nc3ccc(Br)c(Cl)c3F)ncnc2cc1OCC1C[C@H]2CNC(C(C)(C)C)[C@H]2C1. The van der Waals surface area contributed by atoms with E-state index in [-0.39, 0.29) is 16.1 Å². The van der Waals surface area contributed by atoms with Crippen LogP contribution in [0.4, 0.5) is 15.9 Å². The second kappa shape index (κ2) is 9.95. The van der Waals surface area contributed by atoms with Crippen molar-refractivity contribution in [2.45, 2.75) is 39.7 Å². The maximum absolute atomic E-state index is 14.7. The Balaban J connectivity index is 1.34. The molecule has 192 valence electrons. The fraction of sp³-hybridized carbons (Fsp3) is 0.481. The second-order valence-electron chi connectivity index (χ2n) is 10.9. The van der Waals surface area contributed by atoms with Gasteiger partial charge in [-0.15, -0.1) is 0 Å². The third-order valence-corrected chi connectivity index (χ3v) is 8.75. The first kappa shape index (κ1) is 25.5. The first-order chi connectivity index (χ1) is 17.2. The average molecular weight is 578 g/mol. The monoisotopic (exact) mass is 576 g/mol. The van der Waals surface area contributed by atoms with Crippen molar-refractivity contribution in [1.82, 2.24) is 15.3 Å². The fourth-order valence-electron chi connectivity index (χ4n) is 5.83. The summed E-state index contributed by atoms with van der Waals surface area (Å²) in [5.41, 5.74) is 1.15. The summed E-state index contributed by atoms with van der Waals surface area (Å²) in [6.07, 6.45) is 3.79. The maximum Gasteiger partial charge on any atom is 0.166 e. The Hall–Kier alpha value is -2.16. The minimum atomic E-state index is -0.560. The summed E-state index contributed by atoms with van der Waals surface area (Å²) in [5.74, 6) is 3.06. The lowest BCUT2D eigenvalue weighted by Gasteiger charge is -2.32. The predicted molar refractivity (Wildman–Crippen MR) is 145 cm³/mol. The molecule has 6 nitrogen and oxygen atoms in total. The second-order valence-corrected chi connectivity index (χ2v) is 12.1. The molecule has 36 heavy (non-hydrogen) atoms. The number of hydrogen-bond donors (Lipinski definition) is 2. The largest absolute Gasteiger partial charge is 0.493 e. The zero-order valence-corrected chi connectivity index (χ0v) is 23.2. The molecule has 1 aromatic heterocycles. The van der Waals surface area contributed by atoms with E-state index in [1.807, 2.05) is 12.1 Å². The third-order valence-electron chi connectivity index (χ3n) is 7.49. The molecule has 1 aliphatic carbocycles. The molecule has 4 atom stereocenters. The van der Waals surface area contributed by atoms with Gasteiger partial charge in [0.05, 0.1) is 29.9 Å². The van der Waals surface area contributed by atoms with Gasteiger partial charge in [0.15, 0.2) is 17.3 Å². The lowest BCUT2D eigenvalue weighted by Crippen LogP contribution is -2.39. The number of benzene rings is 2. The molecule has 3 aromatic rings. The minimum absolute atomic E-state index is 0.00674. The van der Waals surface area contributed by atoms with Gasteiger partial charge in [-0.1, -0.05) is 32.4 Å². The van der Waals surface area contributed by atoms with Gasteiger partial charge in [0.25, 0.3) is 0 Å². The van der Waals surface area contributed by atoms with Gasteiger partial charge in [-0.3, -0.25) is 0 Å². The van der Waals surface area contributed by atoms with Gasteiger partial charge >= 0.3 is 0 Å². The Morgan fingerprint density at radius 3 is 2.75 bits per heavy atom. The van der Waals surface area contributed by atoms with Gasteiger partial charge in [-0.25, -0.2) is 14.4 Å². The van der Waals surface area contributed by atoms with Gasteiger partial charge in [-0.2, -0.15) is 0 Å². The van der Waals surface area contributed by atoms with Crippen LogP contribution in [-0.2, 0) is 0 Å². The molecule has 2 fully saturated rings. The fourth-order valence-corrected chi connectivity index (χ4v) is 6.30. The van der Waals surface area contributed by atoms with Gasteiger partial charge in [-0.05, 0) is 76.7 Å². The Morgan fingerprint density at radius 1 is 1.19 bits per heavy atom. The molecule has 2 unspecified atom stereocenters. The van der Waals surface area contributed by atoms with Crippen LogP contribution >= 0.6 is 27.5 Å². The Morgan fingerprint density at radius 2 is 2.00 bits per heavy atom. The van der Waals surface area contributed by atoms with Gasteiger partial charge < -0.3 is 20.1 Å². The lowest BCUT2D eigenvalue weighted by atomic mass is 9.78. The summed E-state index contributed by atoms with van der Waals surface area (Å²) >= 11 is 9.29. The molecule has 2 N–H and O–H groups in total. The number of nitrogens with one attached hydrogen (secondary N) is 2. The molecule has 1 aliphatic heterocycles. The molecule has 0 spiro atoms. The summed E-state index contributed by atoms with van der Waals surface area (Å²) in [5, 5.41) is 7.48. The Kier molecular flexibility index (Phi) is 7.05. The Bertz CT molecular complexity index is 1280. The number of methoxy groups -OCH3 is 1. The van der Waals surface area contributed by atoms with E-state index in [9.17, 15) is 4.39 Å². The van der Waals surface area contributed by atoms with Gasteiger partial charge in [0, 0.05) is 22.0 Å². The van der Waals surface area contributed by atoms with Crippen molar-refractivity contribution in [2.24, 2.45) is 23.2 Å². The van der Waals surface area contributed by atoms with Gasteiger partial charge in [0.2, 0.25) is 0 Å². The molecule has 0 amide bonds. The van der Waals surface area contributed by atoms with Crippen molar-refractivity contribution in [3.63, 3.8) is 0 Å². The Labute approximate surface area is 224 Å². The van der Waals surface area contributed by atoms with Crippen molar-refractivity contribution in [3.8, 4) is 11.5 Å². The standard InChI is InChI=1S/C27H31BrClFN4O2/c1-27(2,3)25-16-8-14(7-15(16)11-31-25)12-36-22-10-20-17(9-21(22)35-4)26(33-13-32-20)34-19-6-5-18(28)23(29)24(19)30/h5-6,9-10,13-16,25,31H,7-8,11-12H2,1-4H3,(H,32,33,34)/t14?,15-,16-,25?/m0/s1. The van der Waals surface area contributed by atoms with E-state index >= 15 is 0 Å². The smallest absolute Gasteiger partial charge is 0.166 e. The molecule has 2 heterocycles. The molecule has 2 aliphatic rings. The van der Waals surface area contributed by atoms with E-state index in [1.165, 1.54) is 19.2 Å². The number of aromatic nitrogens is 2. The van der Waals surface area contributed by atoms with Crippen LogP contribution in [0.5, 0.6) is 11.5 Å². The van der Waals surface area contributed by atoms with Crippen molar-refractivity contribution in [3.05, 3.63) is 45.9 Å². The number of anilines is 2. The molecule has 1 saturated heterocycles. The molecule has 1 saturated carbocycles. The highest BCUT2D eigenvalue weighted by molar-refractivity contribution is 9.10. The van der Waals surface area contributed by atoms with Crippen molar-refractivity contribution < 1.29 is 13.9 Å². The molecule has 0 radical (unpaired) electrons. The first-order valence-corrected chi connectivity index (χ1v) is 13.4. The van der Waals surface area contributed by atoms with Crippen LogP contribution in [0.15, 0.2) is 35.1 Å². The number of fused-ring (bicyclic) bond motifs is 2. The summed E-state index contributed by atoms with van der Waals surface area (Å²) < 4.78 is 27.1. The highest BCUT2D eigenvalue weighted by Gasteiger charge is 2.47. The van der Waals surface area contributed by atoms with E-state index in [4.69, 9.17) is 21.1 Å². The van der Waals surface area contributed by atoms with Crippen LogP contribution in [0.2, 0.25) is 5.02 Å². The molecular weight excluding hydrogens is 547 g/mol. The van der Waals surface area contributed by atoms with Crippen LogP contribution in [0.3, 0.4) is 0 Å². The number of nitrogens with zero attached hydrogens (tertiary/aromatic N) is 2. The summed E-state index contributed by atoms with van der Waals surface area (Å²) in [7, 11) is 1.61. The topological polar surface area (TPSA) is 68.3 Å². The molecule has 2 aromatic carbocycles. The van der Waals surface area contributed by atoms with E-state index in [0.29, 0.717) is 57.2 Å². The number of hydrogen-bond acceptors (Lipinski definition) is 6. The first-order valence-electron chi connectivity index (χ1n) is 12.2. The average Bonchev–Trinajstić information content (AvgIpc) is 3.42. The van der Waals surface area contributed by atoms with Crippen molar-refractivity contribution in [2.75, 3.05) is 25.6 Å². The maximum atomic E-state index is 14.7. The zero-order chi connectivity index (χ0) is 25.6. The van der Waals surface area contributed by atoms with E-state index in [0.717, 1.165) is 12.5 Å². The minimum Gasteiger partial charge on any atom is -0.493 e. The molecular formula is C27H31BrClFN4O2. The normalized spacial score (nSPS) is 23.6. The van der Waals surface area contributed by atoms with E-state index in [1.54, 1.807) is 19.2 Å². The lowest BCUT2D eigenvalue weighted by molar-refractivity contribution is 0.205. The predicted octanol–water partition coefficient (Wildman–Crippen LogP) is 6.98. The van der Waals surface area contributed by atoms with Crippen LogP contribution < -0.4 is 20.1 Å². The van der Waals surface area contributed by atoms with E-state index in [2.05, 4.69) is 57.3 Å². The van der Waals surface area contributed by atoms with Crippen LogP contribution in [-0.4, -0.2) is 36.3 Å². The number of halogens is 3. The summed E-state index contributed by atoms with van der Waals surface area (Å²) in [4.78, 5) is 8.74. The highest BCUT2D eigenvalue weighted by atomic mass is 79.9. The molecule has 9 heteroatoms. The molecule has 5 rings (SSSR count). The van der Waals surface area contributed by atoms with E-state index < -0.39 is 5.82 Å². The summed E-state index contributed by atoms with van der Waals surface area (Å²) in [6, 6.07) is 7.52. The molecule has 0 bridgehead atoms. The third kappa shape index (κ3) is 4.87. The van der Waals surface area contributed by atoms with Crippen LogP contribution in [0, 0.1) is 29.0 Å². The summed E-state index contributed by atoms with van der Waals surface area (Å²) in [6.45, 7) is 8.70. The van der Waals surface area contributed by atoms with Crippen LogP contribution in [0.25, 0.3) is 10.9 Å². The van der Waals surface area contributed by atoms with Crippen LogP contribution in [0.1, 0.15) is 33.6 Å².